The molecule has 1 N–H and O–H groups in total. The summed E-state index contributed by atoms with van der Waals surface area (Å²) < 4.78 is 5.92. The second kappa shape index (κ2) is 5.87. The Hall–Kier alpha value is -1.54. The van der Waals surface area contributed by atoms with Gasteiger partial charge in [0.2, 0.25) is 0 Å². The molecule has 0 saturated carbocycles. The third-order valence-corrected chi connectivity index (χ3v) is 3.37. The third-order valence-electron chi connectivity index (χ3n) is 3.37. The molecular formula is C16H21NO. The number of aryl methyl sites for hydroxylation is 1. The molecule has 0 saturated heterocycles. The van der Waals surface area contributed by atoms with Gasteiger partial charge in [0.1, 0.15) is 11.5 Å². The normalized spacial score (nSPS) is 12.6. The fraction of sp³-hybridized carbons (Fsp3) is 0.375. The summed E-state index contributed by atoms with van der Waals surface area (Å²) in [5.74, 6) is 1.95. The van der Waals surface area contributed by atoms with Crippen LogP contribution in [0, 0.1) is 0 Å². The molecule has 2 rings (SSSR count). The number of nitrogens with one attached hydrogen (secondary N) is 1. The lowest BCUT2D eigenvalue weighted by Crippen LogP contribution is -2.14. The van der Waals surface area contributed by atoms with Gasteiger partial charge in [-0.2, -0.15) is 0 Å². The van der Waals surface area contributed by atoms with Crippen LogP contribution in [0.15, 0.2) is 40.8 Å². The van der Waals surface area contributed by atoms with Gasteiger partial charge < -0.3 is 9.73 Å². The monoisotopic (exact) mass is 243 g/mol. The quantitative estimate of drug-likeness (QED) is 0.852. The van der Waals surface area contributed by atoms with Crippen LogP contribution >= 0.6 is 0 Å². The van der Waals surface area contributed by atoms with E-state index in [4.69, 9.17) is 4.42 Å². The van der Waals surface area contributed by atoms with E-state index in [2.05, 4.69) is 55.6 Å². The van der Waals surface area contributed by atoms with Gasteiger partial charge in [-0.05, 0) is 37.6 Å². The summed E-state index contributed by atoms with van der Waals surface area (Å²) in [4.78, 5) is 0. The lowest BCUT2D eigenvalue weighted by Gasteiger charge is -2.09. The smallest absolute Gasteiger partial charge is 0.134 e. The molecular weight excluding hydrogens is 222 g/mol. The molecule has 2 nitrogen and oxygen atoms in total. The predicted molar refractivity (Wildman–Crippen MR) is 75.6 cm³/mol. The molecule has 0 spiro atoms. The van der Waals surface area contributed by atoms with Crippen molar-refractivity contribution in [1.82, 2.24) is 5.32 Å². The van der Waals surface area contributed by atoms with Crippen LogP contribution in [0.5, 0.6) is 0 Å². The Morgan fingerprint density at radius 1 is 1.06 bits per heavy atom. The number of hydrogen-bond acceptors (Lipinski definition) is 2. The molecule has 0 aliphatic carbocycles. The van der Waals surface area contributed by atoms with E-state index >= 15 is 0 Å². The number of rotatable bonds is 5. The van der Waals surface area contributed by atoms with Crippen LogP contribution in [0.3, 0.4) is 0 Å². The Morgan fingerprint density at radius 2 is 1.78 bits per heavy atom. The maximum atomic E-state index is 5.92. The van der Waals surface area contributed by atoms with Gasteiger partial charge in [0, 0.05) is 5.56 Å². The molecule has 1 aromatic heterocycles. The van der Waals surface area contributed by atoms with E-state index in [0.29, 0.717) is 6.04 Å². The van der Waals surface area contributed by atoms with Crippen LogP contribution in [0.25, 0.3) is 11.3 Å². The van der Waals surface area contributed by atoms with Crippen molar-refractivity contribution in [2.24, 2.45) is 0 Å². The highest BCUT2D eigenvalue weighted by Gasteiger charge is 2.12. The molecule has 96 valence electrons. The maximum absolute atomic E-state index is 5.92. The summed E-state index contributed by atoms with van der Waals surface area (Å²) in [6.45, 7) is 4.32. The van der Waals surface area contributed by atoms with Gasteiger partial charge in [0.25, 0.3) is 0 Å². The van der Waals surface area contributed by atoms with Crippen molar-refractivity contribution in [1.29, 1.82) is 0 Å². The molecule has 2 heteroatoms. The lowest BCUT2D eigenvalue weighted by molar-refractivity contribution is 0.431. The molecule has 0 fully saturated rings. The van der Waals surface area contributed by atoms with Crippen LogP contribution in [-0.2, 0) is 6.42 Å². The standard InChI is InChI=1S/C16H21NO/c1-4-12-6-8-13(9-7-12)15-10-11-16(18-15)14(5-2)17-3/h6-11,14,17H,4-5H2,1-3H3. The summed E-state index contributed by atoms with van der Waals surface area (Å²) >= 11 is 0. The Labute approximate surface area is 109 Å². The van der Waals surface area contributed by atoms with Gasteiger partial charge in [0.15, 0.2) is 0 Å². The molecule has 18 heavy (non-hydrogen) atoms. The minimum Gasteiger partial charge on any atom is -0.459 e. The Kier molecular flexibility index (Phi) is 4.21. The average molecular weight is 243 g/mol. The highest BCUT2D eigenvalue weighted by atomic mass is 16.3. The van der Waals surface area contributed by atoms with E-state index in [9.17, 15) is 0 Å². The first kappa shape index (κ1) is 12.9. The van der Waals surface area contributed by atoms with Crippen molar-refractivity contribution < 1.29 is 4.42 Å². The number of furan rings is 1. The van der Waals surface area contributed by atoms with Crippen LogP contribution in [-0.4, -0.2) is 7.05 Å². The SMILES string of the molecule is CCc1ccc(-c2ccc(C(CC)NC)o2)cc1. The molecule has 1 aromatic carbocycles. The van der Waals surface area contributed by atoms with Crippen molar-refractivity contribution in [3.8, 4) is 11.3 Å². The zero-order chi connectivity index (χ0) is 13.0. The summed E-state index contributed by atoms with van der Waals surface area (Å²) in [5.41, 5.74) is 2.50. The Morgan fingerprint density at radius 3 is 2.33 bits per heavy atom. The topological polar surface area (TPSA) is 25.2 Å². The molecule has 0 aliphatic rings. The van der Waals surface area contributed by atoms with Gasteiger partial charge in [-0.1, -0.05) is 38.1 Å². The Bertz CT molecular complexity index is 480. The van der Waals surface area contributed by atoms with Crippen LogP contribution < -0.4 is 5.32 Å². The molecule has 2 aromatic rings. The first-order valence-electron chi connectivity index (χ1n) is 6.64. The molecule has 1 unspecified atom stereocenters. The predicted octanol–water partition coefficient (Wildman–Crippen LogP) is 4.18. The summed E-state index contributed by atoms with van der Waals surface area (Å²) in [5, 5.41) is 3.26. The van der Waals surface area contributed by atoms with Crippen molar-refractivity contribution >= 4 is 0 Å². The highest BCUT2D eigenvalue weighted by Crippen LogP contribution is 2.26. The van der Waals surface area contributed by atoms with Crippen LogP contribution in [0.1, 0.15) is 37.6 Å². The van der Waals surface area contributed by atoms with Crippen LogP contribution in [0.2, 0.25) is 0 Å². The zero-order valence-electron chi connectivity index (χ0n) is 11.4. The summed E-state index contributed by atoms with van der Waals surface area (Å²) in [6.07, 6.45) is 2.10. The fourth-order valence-corrected chi connectivity index (χ4v) is 2.15. The second-order valence-electron chi connectivity index (χ2n) is 4.50. The number of benzene rings is 1. The summed E-state index contributed by atoms with van der Waals surface area (Å²) in [7, 11) is 1.96. The van der Waals surface area contributed by atoms with Gasteiger partial charge in [-0.15, -0.1) is 0 Å². The van der Waals surface area contributed by atoms with E-state index < -0.39 is 0 Å². The van der Waals surface area contributed by atoms with E-state index in [1.165, 1.54) is 5.56 Å². The van der Waals surface area contributed by atoms with Gasteiger partial charge in [0.05, 0.1) is 6.04 Å². The van der Waals surface area contributed by atoms with E-state index in [0.717, 1.165) is 29.9 Å². The molecule has 0 radical (unpaired) electrons. The zero-order valence-corrected chi connectivity index (χ0v) is 11.4. The molecule has 0 bridgehead atoms. The van der Waals surface area contributed by atoms with Gasteiger partial charge >= 0.3 is 0 Å². The third kappa shape index (κ3) is 2.65. The van der Waals surface area contributed by atoms with Crippen molar-refractivity contribution in [3.05, 3.63) is 47.7 Å². The molecule has 1 atom stereocenters. The largest absolute Gasteiger partial charge is 0.459 e. The van der Waals surface area contributed by atoms with Gasteiger partial charge in [-0.25, -0.2) is 0 Å². The minimum atomic E-state index is 0.300. The Balaban J connectivity index is 2.23. The van der Waals surface area contributed by atoms with E-state index in [1.54, 1.807) is 0 Å². The first-order valence-corrected chi connectivity index (χ1v) is 6.64. The molecule has 0 aliphatic heterocycles. The maximum Gasteiger partial charge on any atom is 0.134 e. The van der Waals surface area contributed by atoms with Crippen molar-refractivity contribution in [2.45, 2.75) is 32.7 Å². The van der Waals surface area contributed by atoms with Crippen LogP contribution in [0.4, 0.5) is 0 Å². The first-order chi connectivity index (χ1) is 8.78. The molecule has 1 heterocycles. The van der Waals surface area contributed by atoms with E-state index in [-0.39, 0.29) is 0 Å². The molecule has 0 amide bonds. The van der Waals surface area contributed by atoms with E-state index in [1.807, 2.05) is 7.05 Å². The lowest BCUT2D eigenvalue weighted by atomic mass is 10.1. The van der Waals surface area contributed by atoms with Gasteiger partial charge in [-0.3, -0.25) is 0 Å². The highest BCUT2D eigenvalue weighted by molar-refractivity contribution is 5.58. The minimum absolute atomic E-state index is 0.300. The average Bonchev–Trinajstić information content (AvgIpc) is 2.90. The summed E-state index contributed by atoms with van der Waals surface area (Å²) in [6, 6.07) is 13.0. The van der Waals surface area contributed by atoms with Crippen molar-refractivity contribution in [2.75, 3.05) is 7.05 Å². The fourth-order valence-electron chi connectivity index (χ4n) is 2.15. The number of hydrogen-bond donors (Lipinski definition) is 1. The van der Waals surface area contributed by atoms with Crippen molar-refractivity contribution in [3.63, 3.8) is 0 Å². The second-order valence-corrected chi connectivity index (χ2v) is 4.50.